The van der Waals surface area contributed by atoms with Crippen molar-refractivity contribution >= 4 is 41.3 Å². The van der Waals surface area contributed by atoms with Crippen LogP contribution in [-0.4, -0.2) is 24.5 Å². The van der Waals surface area contributed by atoms with E-state index in [0.29, 0.717) is 6.54 Å². The molecule has 0 amide bonds. The van der Waals surface area contributed by atoms with Crippen LogP contribution >= 0.6 is 35.3 Å². The van der Waals surface area contributed by atoms with Crippen molar-refractivity contribution in [3.05, 3.63) is 51.7 Å². The van der Waals surface area contributed by atoms with Gasteiger partial charge in [0, 0.05) is 18.5 Å². The first-order valence-corrected chi connectivity index (χ1v) is 7.65. The van der Waals surface area contributed by atoms with Gasteiger partial charge in [-0.15, -0.1) is 35.3 Å². The number of guanidine groups is 1. The highest BCUT2D eigenvalue weighted by Gasteiger charge is 2.03. The standard InChI is InChI=1S/C15H19FN4S.HI/c1-11-14(21-10-20-11)9-19-15(17-2)18-8-7-12-3-5-13(16)6-4-12;/h3-6,10H,7-9H2,1-2H3,(H2,17,18,19);1H. The van der Waals surface area contributed by atoms with Gasteiger partial charge in [0.05, 0.1) is 17.7 Å². The highest BCUT2D eigenvalue weighted by molar-refractivity contribution is 14.0. The molecular formula is C15H20FIN4S. The Balaban J connectivity index is 0.00000242. The predicted octanol–water partition coefficient (Wildman–Crippen LogP) is 3.12. The average Bonchev–Trinajstić information content (AvgIpc) is 2.90. The highest BCUT2D eigenvalue weighted by Crippen LogP contribution is 2.10. The van der Waals surface area contributed by atoms with Crippen LogP contribution in [0.5, 0.6) is 0 Å². The molecule has 0 spiro atoms. The smallest absolute Gasteiger partial charge is 0.191 e. The number of aryl methyl sites for hydroxylation is 1. The molecule has 2 aromatic rings. The number of rotatable bonds is 5. The summed E-state index contributed by atoms with van der Waals surface area (Å²) >= 11 is 1.63. The van der Waals surface area contributed by atoms with E-state index in [1.165, 1.54) is 17.0 Å². The zero-order valence-corrected chi connectivity index (χ0v) is 15.7. The summed E-state index contributed by atoms with van der Waals surface area (Å²) in [5.41, 5.74) is 3.99. The minimum atomic E-state index is -0.205. The van der Waals surface area contributed by atoms with Crippen molar-refractivity contribution in [2.45, 2.75) is 19.9 Å². The van der Waals surface area contributed by atoms with E-state index in [2.05, 4.69) is 20.6 Å². The van der Waals surface area contributed by atoms with Gasteiger partial charge in [0.1, 0.15) is 5.82 Å². The summed E-state index contributed by atoms with van der Waals surface area (Å²) in [6.45, 7) is 3.46. The molecule has 22 heavy (non-hydrogen) atoms. The summed E-state index contributed by atoms with van der Waals surface area (Å²) in [4.78, 5) is 9.60. The number of nitrogens with zero attached hydrogens (tertiary/aromatic N) is 2. The second-order valence-corrected chi connectivity index (χ2v) is 5.53. The van der Waals surface area contributed by atoms with E-state index in [0.717, 1.165) is 30.2 Å². The van der Waals surface area contributed by atoms with Gasteiger partial charge in [-0.25, -0.2) is 9.37 Å². The number of aliphatic imine (C=N–C) groups is 1. The quantitative estimate of drug-likeness (QED) is 0.432. The second kappa shape index (κ2) is 9.73. The van der Waals surface area contributed by atoms with Gasteiger partial charge in [0.15, 0.2) is 5.96 Å². The van der Waals surface area contributed by atoms with Gasteiger partial charge in [-0.3, -0.25) is 4.99 Å². The van der Waals surface area contributed by atoms with E-state index in [1.54, 1.807) is 30.5 Å². The topological polar surface area (TPSA) is 49.3 Å². The van der Waals surface area contributed by atoms with Gasteiger partial charge in [0.2, 0.25) is 0 Å². The normalized spacial score (nSPS) is 11.0. The average molecular weight is 434 g/mol. The molecule has 4 nitrogen and oxygen atoms in total. The minimum absolute atomic E-state index is 0. The lowest BCUT2D eigenvalue weighted by atomic mass is 10.1. The van der Waals surface area contributed by atoms with Crippen LogP contribution in [0.15, 0.2) is 34.8 Å². The number of hydrogen-bond donors (Lipinski definition) is 2. The zero-order valence-electron chi connectivity index (χ0n) is 12.6. The van der Waals surface area contributed by atoms with E-state index in [4.69, 9.17) is 0 Å². The first kappa shape index (κ1) is 18.8. The van der Waals surface area contributed by atoms with E-state index in [9.17, 15) is 4.39 Å². The van der Waals surface area contributed by atoms with Crippen molar-refractivity contribution in [3.8, 4) is 0 Å². The lowest BCUT2D eigenvalue weighted by molar-refractivity contribution is 0.626. The number of hydrogen-bond acceptors (Lipinski definition) is 3. The Hall–Kier alpha value is -1.22. The Morgan fingerprint density at radius 3 is 2.59 bits per heavy atom. The van der Waals surface area contributed by atoms with Gasteiger partial charge in [-0.2, -0.15) is 0 Å². The van der Waals surface area contributed by atoms with Crippen LogP contribution in [0.1, 0.15) is 16.1 Å². The molecule has 2 rings (SSSR count). The molecule has 0 bridgehead atoms. The fraction of sp³-hybridized carbons (Fsp3) is 0.333. The van der Waals surface area contributed by atoms with Crippen LogP contribution in [0.25, 0.3) is 0 Å². The molecule has 0 fully saturated rings. The van der Waals surface area contributed by atoms with Crippen LogP contribution in [0.3, 0.4) is 0 Å². The SMILES string of the molecule is CN=C(NCCc1ccc(F)cc1)NCc1scnc1C.I. The van der Waals surface area contributed by atoms with Crippen molar-refractivity contribution in [1.82, 2.24) is 15.6 Å². The molecule has 7 heteroatoms. The summed E-state index contributed by atoms with van der Waals surface area (Å²) in [7, 11) is 1.74. The number of benzene rings is 1. The number of nitrogens with one attached hydrogen (secondary N) is 2. The summed E-state index contributed by atoms with van der Waals surface area (Å²) in [6, 6.07) is 6.56. The third-order valence-corrected chi connectivity index (χ3v) is 4.04. The van der Waals surface area contributed by atoms with Crippen molar-refractivity contribution in [1.29, 1.82) is 0 Å². The second-order valence-electron chi connectivity index (χ2n) is 4.59. The third-order valence-electron chi connectivity index (χ3n) is 3.10. The number of aromatic nitrogens is 1. The Labute approximate surface area is 151 Å². The van der Waals surface area contributed by atoms with Gasteiger partial charge in [-0.05, 0) is 31.0 Å². The Kier molecular flexibility index (Phi) is 8.32. The van der Waals surface area contributed by atoms with E-state index in [1.807, 2.05) is 12.4 Å². The van der Waals surface area contributed by atoms with Crippen molar-refractivity contribution in [2.24, 2.45) is 4.99 Å². The first-order chi connectivity index (χ1) is 10.2. The number of halogens is 2. The number of thiazole rings is 1. The fourth-order valence-corrected chi connectivity index (χ4v) is 2.57. The molecule has 2 N–H and O–H groups in total. The Bertz CT molecular complexity index is 598. The molecule has 0 radical (unpaired) electrons. The summed E-state index contributed by atoms with van der Waals surface area (Å²) in [6.07, 6.45) is 0.820. The highest BCUT2D eigenvalue weighted by atomic mass is 127. The van der Waals surface area contributed by atoms with E-state index in [-0.39, 0.29) is 29.8 Å². The van der Waals surface area contributed by atoms with Crippen molar-refractivity contribution in [2.75, 3.05) is 13.6 Å². The van der Waals surface area contributed by atoms with Gasteiger partial charge in [-0.1, -0.05) is 12.1 Å². The molecule has 1 heterocycles. The van der Waals surface area contributed by atoms with Crippen LogP contribution in [0, 0.1) is 12.7 Å². The maximum atomic E-state index is 12.8. The minimum Gasteiger partial charge on any atom is -0.356 e. The molecule has 0 saturated carbocycles. The summed E-state index contributed by atoms with van der Waals surface area (Å²) < 4.78 is 12.8. The molecule has 0 saturated heterocycles. The van der Waals surface area contributed by atoms with Gasteiger partial charge >= 0.3 is 0 Å². The van der Waals surface area contributed by atoms with E-state index < -0.39 is 0 Å². The Morgan fingerprint density at radius 2 is 2.00 bits per heavy atom. The predicted molar refractivity (Wildman–Crippen MR) is 101 cm³/mol. The molecule has 1 aromatic heterocycles. The molecule has 0 aliphatic heterocycles. The maximum absolute atomic E-state index is 12.8. The summed E-state index contributed by atoms with van der Waals surface area (Å²) in [5, 5.41) is 6.50. The zero-order chi connectivity index (χ0) is 15.1. The monoisotopic (exact) mass is 434 g/mol. The van der Waals surface area contributed by atoms with Crippen LogP contribution in [-0.2, 0) is 13.0 Å². The maximum Gasteiger partial charge on any atom is 0.191 e. The Morgan fingerprint density at radius 1 is 1.27 bits per heavy atom. The summed E-state index contributed by atoms with van der Waals surface area (Å²) in [5.74, 6) is 0.550. The lowest BCUT2D eigenvalue weighted by Crippen LogP contribution is -2.37. The molecule has 1 aromatic carbocycles. The molecule has 0 aliphatic rings. The van der Waals surface area contributed by atoms with Crippen LogP contribution in [0.4, 0.5) is 4.39 Å². The van der Waals surface area contributed by atoms with Crippen molar-refractivity contribution < 1.29 is 4.39 Å². The molecule has 0 aliphatic carbocycles. The van der Waals surface area contributed by atoms with Crippen LogP contribution in [0.2, 0.25) is 0 Å². The van der Waals surface area contributed by atoms with Gasteiger partial charge in [0.25, 0.3) is 0 Å². The third kappa shape index (κ3) is 5.88. The molecule has 0 atom stereocenters. The van der Waals surface area contributed by atoms with E-state index >= 15 is 0 Å². The molecule has 120 valence electrons. The molecular weight excluding hydrogens is 414 g/mol. The lowest BCUT2D eigenvalue weighted by Gasteiger charge is -2.11. The van der Waals surface area contributed by atoms with Crippen molar-refractivity contribution in [3.63, 3.8) is 0 Å². The van der Waals surface area contributed by atoms with Gasteiger partial charge < -0.3 is 10.6 Å². The first-order valence-electron chi connectivity index (χ1n) is 6.77. The fourth-order valence-electron chi connectivity index (χ4n) is 1.86. The largest absolute Gasteiger partial charge is 0.356 e. The van der Waals surface area contributed by atoms with Crippen LogP contribution < -0.4 is 10.6 Å². The molecule has 0 unspecified atom stereocenters.